The van der Waals surface area contributed by atoms with Crippen molar-refractivity contribution in [1.29, 1.82) is 0 Å². The van der Waals surface area contributed by atoms with E-state index in [1.165, 1.54) is 12.1 Å². The third kappa shape index (κ3) is 3.62. The number of hydrogen-bond donors (Lipinski definition) is 1. The number of pyridine rings is 2. The zero-order chi connectivity index (χ0) is 13.7. The van der Waals surface area contributed by atoms with Crippen LogP contribution in [-0.4, -0.2) is 21.4 Å². The van der Waals surface area contributed by atoms with E-state index in [1.807, 2.05) is 18.2 Å². The molecule has 2 rings (SSSR count). The zero-order valence-electron chi connectivity index (χ0n) is 9.91. The van der Waals surface area contributed by atoms with Crippen molar-refractivity contribution in [2.24, 2.45) is 0 Å². The standard InChI is InChI=1S/C12H11ClN4O2/c13-11-5-4-10(17(18)19)12(16-11)15-8-6-9-3-1-2-7-14-9/h1-5,7H,6,8H2,(H,15,16). The van der Waals surface area contributed by atoms with E-state index in [0.29, 0.717) is 13.0 Å². The molecule has 7 heteroatoms. The molecule has 0 amide bonds. The van der Waals surface area contributed by atoms with Gasteiger partial charge >= 0.3 is 5.69 Å². The minimum Gasteiger partial charge on any atom is -0.364 e. The molecule has 0 aliphatic rings. The summed E-state index contributed by atoms with van der Waals surface area (Å²) in [7, 11) is 0. The van der Waals surface area contributed by atoms with Gasteiger partial charge in [0.2, 0.25) is 5.82 Å². The number of hydrogen-bond acceptors (Lipinski definition) is 5. The summed E-state index contributed by atoms with van der Waals surface area (Å²) >= 11 is 5.73. The molecule has 0 aliphatic carbocycles. The highest BCUT2D eigenvalue weighted by Crippen LogP contribution is 2.23. The summed E-state index contributed by atoms with van der Waals surface area (Å²) in [6, 6.07) is 8.34. The normalized spacial score (nSPS) is 10.2. The first-order valence-corrected chi connectivity index (χ1v) is 5.99. The number of anilines is 1. The minimum atomic E-state index is -0.494. The molecule has 0 spiro atoms. The van der Waals surface area contributed by atoms with E-state index < -0.39 is 4.92 Å². The Bertz CT molecular complexity index is 577. The molecule has 0 unspecified atom stereocenters. The molecule has 19 heavy (non-hydrogen) atoms. The SMILES string of the molecule is O=[N+]([O-])c1ccc(Cl)nc1NCCc1ccccn1. The number of nitrogens with zero attached hydrogens (tertiary/aromatic N) is 3. The number of rotatable bonds is 5. The first-order chi connectivity index (χ1) is 9.16. The Kier molecular flexibility index (Phi) is 4.25. The lowest BCUT2D eigenvalue weighted by molar-refractivity contribution is -0.384. The Labute approximate surface area is 114 Å². The van der Waals surface area contributed by atoms with E-state index in [1.54, 1.807) is 6.20 Å². The lowest BCUT2D eigenvalue weighted by atomic mass is 10.2. The van der Waals surface area contributed by atoms with Gasteiger partial charge in [-0.25, -0.2) is 4.98 Å². The van der Waals surface area contributed by atoms with Crippen molar-refractivity contribution in [2.45, 2.75) is 6.42 Å². The molecule has 6 nitrogen and oxygen atoms in total. The monoisotopic (exact) mass is 278 g/mol. The van der Waals surface area contributed by atoms with Gasteiger partial charge in [-0.15, -0.1) is 0 Å². The van der Waals surface area contributed by atoms with Crippen LogP contribution in [0, 0.1) is 10.1 Å². The number of nitrogens with one attached hydrogen (secondary N) is 1. The largest absolute Gasteiger partial charge is 0.364 e. The van der Waals surface area contributed by atoms with Crippen LogP contribution < -0.4 is 5.32 Å². The third-order valence-corrected chi connectivity index (χ3v) is 2.65. The van der Waals surface area contributed by atoms with Gasteiger partial charge in [0, 0.05) is 30.9 Å². The Morgan fingerprint density at radius 1 is 1.32 bits per heavy atom. The van der Waals surface area contributed by atoms with Crippen LogP contribution >= 0.6 is 11.6 Å². The van der Waals surface area contributed by atoms with Crippen molar-refractivity contribution < 1.29 is 4.92 Å². The van der Waals surface area contributed by atoms with Gasteiger partial charge in [-0.3, -0.25) is 15.1 Å². The molecule has 0 bridgehead atoms. The molecule has 0 fully saturated rings. The fourth-order valence-electron chi connectivity index (χ4n) is 1.56. The Balaban J connectivity index is 2.03. The molecule has 1 N–H and O–H groups in total. The maximum Gasteiger partial charge on any atom is 0.311 e. The van der Waals surface area contributed by atoms with Crippen LogP contribution in [0.1, 0.15) is 5.69 Å². The second-order valence-electron chi connectivity index (χ2n) is 3.76. The van der Waals surface area contributed by atoms with Crippen molar-refractivity contribution in [3.8, 4) is 0 Å². The zero-order valence-corrected chi connectivity index (χ0v) is 10.7. The first kappa shape index (κ1) is 13.2. The van der Waals surface area contributed by atoms with Gasteiger partial charge < -0.3 is 5.32 Å². The lowest BCUT2D eigenvalue weighted by Crippen LogP contribution is -2.09. The van der Waals surface area contributed by atoms with E-state index in [-0.39, 0.29) is 16.7 Å². The van der Waals surface area contributed by atoms with Gasteiger partial charge in [0.25, 0.3) is 0 Å². The van der Waals surface area contributed by atoms with Crippen molar-refractivity contribution in [3.63, 3.8) is 0 Å². The maximum atomic E-state index is 10.8. The molecule has 2 aromatic rings. The number of nitro groups is 1. The van der Waals surface area contributed by atoms with Crippen molar-refractivity contribution in [1.82, 2.24) is 9.97 Å². The molecule has 98 valence electrons. The van der Waals surface area contributed by atoms with Crippen LogP contribution in [0.15, 0.2) is 36.5 Å². The minimum absolute atomic E-state index is 0.0922. The van der Waals surface area contributed by atoms with Crippen LogP contribution in [-0.2, 0) is 6.42 Å². The van der Waals surface area contributed by atoms with Gasteiger partial charge in [-0.1, -0.05) is 17.7 Å². The van der Waals surface area contributed by atoms with E-state index in [9.17, 15) is 10.1 Å². The van der Waals surface area contributed by atoms with E-state index in [0.717, 1.165) is 5.69 Å². The molecule has 2 aromatic heterocycles. The second-order valence-corrected chi connectivity index (χ2v) is 4.14. The van der Waals surface area contributed by atoms with Gasteiger partial charge in [-0.2, -0.15) is 0 Å². The highest BCUT2D eigenvalue weighted by Gasteiger charge is 2.15. The van der Waals surface area contributed by atoms with Gasteiger partial charge in [0.1, 0.15) is 5.15 Å². The molecule has 0 saturated heterocycles. The summed E-state index contributed by atoms with van der Waals surface area (Å²) in [4.78, 5) is 18.4. The average molecular weight is 279 g/mol. The Morgan fingerprint density at radius 3 is 2.84 bits per heavy atom. The van der Waals surface area contributed by atoms with Crippen LogP contribution in [0.25, 0.3) is 0 Å². The number of halogens is 1. The summed E-state index contributed by atoms with van der Waals surface area (Å²) in [5.41, 5.74) is 0.810. The summed E-state index contributed by atoms with van der Waals surface area (Å²) in [6.07, 6.45) is 2.35. The fraction of sp³-hybridized carbons (Fsp3) is 0.167. The quantitative estimate of drug-likeness (QED) is 0.517. The van der Waals surface area contributed by atoms with Gasteiger partial charge in [-0.05, 0) is 18.2 Å². The predicted octanol–water partition coefficient (Wildman–Crippen LogP) is 2.69. The summed E-state index contributed by atoms with van der Waals surface area (Å²) in [5, 5.41) is 14.0. The van der Waals surface area contributed by atoms with Crippen LogP contribution in [0.5, 0.6) is 0 Å². The van der Waals surface area contributed by atoms with Crippen LogP contribution in [0.3, 0.4) is 0 Å². The molecule has 2 heterocycles. The summed E-state index contributed by atoms with van der Waals surface area (Å²) in [5.74, 6) is 0.174. The maximum absolute atomic E-state index is 10.8. The fourth-order valence-corrected chi connectivity index (χ4v) is 1.71. The highest BCUT2D eigenvalue weighted by molar-refractivity contribution is 6.29. The van der Waals surface area contributed by atoms with Crippen molar-refractivity contribution >= 4 is 23.1 Å². The van der Waals surface area contributed by atoms with E-state index in [4.69, 9.17) is 11.6 Å². The topological polar surface area (TPSA) is 81.0 Å². The van der Waals surface area contributed by atoms with Crippen LogP contribution in [0.2, 0.25) is 5.15 Å². The molecular formula is C12H11ClN4O2. The third-order valence-electron chi connectivity index (χ3n) is 2.44. The average Bonchev–Trinajstić information content (AvgIpc) is 2.39. The Morgan fingerprint density at radius 2 is 2.16 bits per heavy atom. The van der Waals surface area contributed by atoms with E-state index in [2.05, 4.69) is 15.3 Å². The first-order valence-electron chi connectivity index (χ1n) is 5.61. The van der Waals surface area contributed by atoms with Crippen LogP contribution in [0.4, 0.5) is 11.5 Å². The predicted molar refractivity (Wildman–Crippen MR) is 72.3 cm³/mol. The summed E-state index contributed by atoms with van der Waals surface area (Å²) in [6.45, 7) is 0.491. The summed E-state index contributed by atoms with van der Waals surface area (Å²) < 4.78 is 0. The number of aromatic nitrogens is 2. The molecule has 0 radical (unpaired) electrons. The van der Waals surface area contributed by atoms with Crippen molar-refractivity contribution in [3.05, 3.63) is 57.5 Å². The van der Waals surface area contributed by atoms with Gasteiger partial charge in [0.05, 0.1) is 4.92 Å². The van der Waals surface area contributed by atoms with Crippen molar-refractivity contribution in [2.75, 3.05) is 11.9 Å². The molecule has 0 aliphatic heterocycles. The molecular weight excluding hydrogens is 268 g/mol. The molecule has 0 aromatic carbocycles. The van der Waals surface area contributed by atoms with Gasteiger partial charge in [0.15, 0.2) is 0 Å². The highest BCUT2D eigenvalue weighted by atomic mass is 35.5. The van der Waals surface area contributed by atoms with E-state index >= 15 is 0 Å². The smallest absolute Gasteiger partial charge is 0.311 e. The Hall–Kier alpha value is -2.21. The molecule has 0 atom stereocenters. The lowest BCUT2D eigenvalue weighted by Gasteiger charge is -2.06. The molecule has 0 saturated carbocycles. The second kappa shape index (κ2) is 6.10.